The molecule has 13 nitrogen and oxygen atoms in total. The summed E-state index contributed by atoms with van der Waals surface area (Å²) in [6.45, 7) is 2.26. The van der Waals surface area contributed by atoms with Gasteiger partial charge in [0.2, 0.25) is 0 Å². The summed E-state index contributed by atoms with van der Waals surface area (Å²) >= 11 is 0. The van der Waals surface area contributed by atoms with Gasteiger partial charge in [-0.25, -0.2) is 23.9 Å². The van der Waals surface area contributed by atoms with Crippen LogP contribution in [0.25, 0.3) is 11.2 Å². The van der Waals surface area contributed by atoms with Gasteiger partial charge in [-0.15, -0.1) is 6.58 Å². The highest BCUT2D eigenvalue weighted by Gasteiger charge is 2.51. The predicted molar refractivity (Wildman–Crippen MR) is 130 cm³/mol. The standard InChI is InChI=1S/C23H24FN6O7P/c1-2-10-34-38(33,35-11-6-9-25)37-19-16(12-31)36-23(17(19)24)30-14-28-18-20(26-13-27-21(18)30)29-22(32)15-7-4-3-5-8-15/h2-5,7-8,13-14,16-17,19,23,31H,1,6,10-12H2,(H,26,27,29,32)/t16-,17?,19+,23-,38?/m1/s1. The smallest absolute Gasteiger partial charge is 0.394 e. The normalized spacial score (nSPS) is 22.6. The maximum absolute atomic E-state index is 15.7. The van der Waals surface area contributed by atoms with Crippen molar-refractivity contribution in [3.05, 3.63) is 61.2 Å². The molecule has 1 aliphatic rings. The second-order valence-electron chi connectivity index (χ2n) is 7.90. The van der Waals surface area contributed by atoms with E-state index in [2.05, 4.69) is 26.8 Å². The van der Waals surface area contributed by atoms with Crippen molar-refractivity contribution in [2.75, 3.05) is 25.1 Å². The van der Waals surface area contributed by atoms with Crippen molar-refractivity contribution >= 4 is 30.7 Å². The Balaban J connectivity index is 1.57. The molecule has 38 heavy (non-hydrogen) atoms. The number of aromatic nitrogens is 4. The number of hydrogen-bond acceptors (Lipinski definition) is 11. The molecule has 1 aliphatic heterocycles. The molecule has 1 saturated heterocycles. The van der Waals surface area contributed by atoms with Gasteiger partial charge in [0.05, 0.1) is 38.6 Å². The first-order valence-electron chi connectivity index (χ1n) is 11.4. The Bertz CT molecular complexity index is 1370. The maximum Gasteiger partial charge on any atom is 0.475 e. The van der Waals surface area contributed by atoms with E-state index < -0.39 is 44.9 Å². The monoisotopic (exact) mass is 546 g/mol. The van der Waals surface area contributed by atoms with Crippen LogP contribution in [0.4, 0.5) is 10.2 Å². The van der Waals surface area contributed by atoms with Gasteiger partial charge in [0, 0.05) is 5.56 Å². The van der Waals surface area contributed by atoms with Crippen molar-refractivity contribution in [2.24, 2.45) is 0 Å². The Morgan fingerprint density at radius 1 is 1.32 bits per heavy atom. The van der Waals surface area contributed by atoms with Gasteiger partial charge in [-0.05, 0) is 12.1 Å². The van der Waals surface area contributed by atoms with E-state index in [9.17, 15) is 14.5 Å². The summed E-state index contributed by atoms with van der Waals surface area (Å²) in [6, 6.07) is 10.3. The van der Waals surface area contributed by atoms with Gasteiger partial charge >= 0.3 is 7.82 Å². The van der Waals surface area contributed by atoms with Crippen molar-refractivity contribution < 1.29 is 37.2 Å². The van der Waals surface area contributed by atoms with Gasteiger partial charge in [-0.1, -0.05) is 24.3 Å². The number of benzene rings is 1. The molecule has 15 heteroatoms. The highest BCUT2D eigenvalue weighted by atomic mass is 31.2. The Morgan fingerprint density at radius 2 is 2.11 bits per heavy atom. The number of carbonyl (C=O) groups is 1. The number of phosphoric acid groups is 1. The zero-order valence-electron chi connectivity index (χ0n) is 19.9. The Hall–Kier alpha value is -3.57. The van der Waals surface area contributed by atoms with Crippen LogP contribution < -0.4 is 5.32 Å². The SMILES string of the molecule is C=CCOP(=O)(OCCC#N)O[C@@H]1C(F)[C@H](n2cnc3c(NC(=O)c4ccccc4)ncnc32)O[C@@H]1CO. The molecule has 0 spiro atoms. The first-order chi connectivity index (χ1) is 18.4. The van der Waals surface area contributed by atoms with Crippen LogP contribution >= 0.6 is 7.82 Å². The van der Waals surface area contributed by atoms with E-state index >= 15 is 4.39 Å². The van der Waals surface area contributed by atoms with Crippen molar-refractivity contribution in [3.8, 4) is 6.07 Å². The average molecular weight is 546 g/mol. The lowest BCUT2D eigenvalue weighted by Gasteiger charge is -2.24. The predicted octanol–water partition coefficient (Wildman–Crippen LogP) is 2.93. The molecule has 0 saturated carbocycles. The van der Waals surface area contributed by atoms with Crippen LogP contribution in [0.5, 0.6) is 0 Å². The minimum Gasteiger partial charge on any atom is -0.394 e. The molecule has 2 unspecified atom stereocenters. The number of phosphoric ester groups is 1. The molecule has 1 aromatic carbocycles. The third-order valence-electron chi connectivity index (χ3n) is 5.41. The number of nitrogens with one attached hydrogen (secondary N) is 1. The molecule has 1 fully saturated rings. The minimum atomic E-state index is -4.36. The van der Waals surface area contributed by atoms with Gasteiger partial charge < -0.3 is 15.2 Å². The van der Waals surface area contributed by atoms with Crippen LogP contribution in [0.1, 0.15) is 23.0 Å². The molecule has 0 radical (unpaired) electrons. The summed E-state index contributed by atoms with van der Waals surface area (Å²) < 4.78 is 51.4. The average Bonchev–Trinajstić information content (AvgIpc) is 3.49. The van der Waals surface area contributed by atoms with Crippen LogP contribution in [0.3, 0.4) is 0 Å². The molecule has 1 amide bonds. The van der Waals surface area contributed by atoms with Gasteiger partial charge in [0.1, 0.15) is 18.5 Å². The molecule has 2 aromatic heterocycles. The molecule has 2 N–H and O–H groups in total. The number of hydrogen-bond donors (Lipinski definition) is 2. The minimum absolute atomic E-state index is 0.0933. The van der Waals surface area contributed by atoms with E-state index in [0.717, 1.165) is 0 Å². The molecule has 3 heterocycles. The zero-order valence-corrected chi connectivity index (χ0v) is 20.8. The Kier molecular flexibility index (Phi) is 8.90. The highest BCUT2D eigenvalue weighted by Crippen LogP contribution is 2.53. The van der Waals surface area contributed by atoms with Gasteiger partial charge in [0.15, 0.2) is 29.4 Å². The fraction of sp³-hybridized carbons (Fsp3) is 0.348. The first-order valence-corrected chi connectivity index (χ1v) is 12.9. The number of fused-ring (bicyclic) bond motifs is 1. The fourth-order valence-electron chi connectivity index (χ4n) is 3.68. The van der Waals surface area contributed by atoms with Crippen molar-refractivity contribution in [2.45, 2.75) is 31.0 Å². The van der Waals surface area contributed by atoms with Gasteiger partial charge in [0.25, 0.3) is 5.91 Å². The molecule has 3 aromatic rings. The zero-order chi connectivity index (χ0) is 27.1. The third-order valence-corrected chi connectivity index (χ3v) is 6.88. The quantitative estimate of drug-likeness (QED) is 0.194. The number of aliphatic hydroxyl groups is 1. The number of ether oxygens (including phenoxy) is 1. The van der Waals surface area contributed by atoms with Gasteiger partial charge in [-0.2, -0.15) is 5.26 Å². The summed E-state index contributed by atoms with van der Waals surface area (Å²) in [7, 11) is -4.36. The van der Waals surface area contributed by atoms with E-state index in [1.807, 2.05) is 6.07 Å². The van der Waals surface area contributed by atoms with Gasteiger partial charge in [-0.3, -0.25) is 22.9 Å². The largest absolute Gasteiger partial charge is 0.475 e. The number of nitrogens with zero attached hydrogens (tertiary/aromatic N) is 5. The van der Waals surface area contributed by atoms with E-state index in [0.29, 0.717) is 5.56 Å². The topological polar surface area (TPSA) is 171 Å². The highest BCUT2D eigenvalue weighted by molar-refractivity contribution is 7.48. The van der Waals surface area contributed by atoms with E-state index in [1.54, 1.807) is 30.3 Å². The van der Waals surface area contributed by atoms with Crippen LogP contribution in [-0.2, 0) is 22.9 Å². The number of nitriles is 1. The third kappa shape index (κ3) is 5.94. The van der Waals surface area contributed by atoms with Crippen molar-refractivity contribution in [3.63, 3.8) is 0 Å². The fourth-order valence-corrected chi connectivity index (χ4v) is 5.03. The van der Waals surface area contributed by atoms with Crippen molar-refractivity contribution in [1.29, 1.82) is 5.26 Å². The van der Waals surface area contributed by atoms with E-state index in [-0.39, 0.29) is 36.6 Å². The second-order valence-corrected chi connectivity index (χ2v) is 9.52. The maximum atomic E-state index is 15.7. The van der Waals surface area contributed by atoms with E-state index in [1.165, 1.54) is 23.3 Å². The second kappa shape index (κ2) is 12.3. The number of carbonyl (C=O) groups excluding carboxylic acids is 1. The number of amides is 1. The van der Waals surface area contributed by atoms with E-state index in [4.69, 9.17) is 23.6 Å². The number of rotatable bonds is 12. The van der Waals surface area contributed by atoms with Crippen LogP contribution in [0.15, 0.2) is 55.6 Å². The van der Waals surface area contributed by atoms with Crippen molar-refractivity contribution in [1.82, 2.24) is 19.5 Å². The van der Waals surface area contributed by atoms with Crippen LogP contribution in [-0.4, -0.2) is 68.7 Å². The Labute approximate surface area is 216 Å². The summed E-state index contributed by atoms with van der Waals surface area (Å²) in [5.41, 5.74) is 0.689. The number of halogens is 1. The molecule has 0 aliphatic carbocycles. The summed E-state index contributed by atoms with van der Waals surface area (Å²) in [6.07, 6.45) is -2.63. The first kappa shape index (κ1) is 27.5. The van der Waals surface area contributed by atoms with Crippen LogP contribution in [0, 0.1) is 11.3 Å². The summed E-state index contributed by atoms with van der Waals surface area (Å²) in [5.74, 6) is -0.336. The molecular formula is C23H24FN6O7P. The lowest BCUT2D eigenvalue weighted by molar-refractivity contribution is -0.0470. The Morgan fingerprint density at radius 3 is 2.82 bits per heavy atom. The number of anilines is 1. The summed E-state index contributed by atoms with van der Waals surface area (Å²) in [4.78, 5) is 25.0. The molecule has 200 valence electrons. The molecule has 0 bridgehead atoms. The molecule has 4 rings (SSSR count). The lowest BCUT2D eigenvalue weighted by Crippen LogP contribution is -2.33. The number of alkyl halides is 1. The number of imidazole rings is 1. The molecular weight excluding hydrogens is 522 g/mol. The number of aliphatic hydroxyl groups excluding tert-OH is 1. The lowest BCUT2D eigenvalue weighted by atomic mass is 10.1. The van der Waals surface area contributed by atoms with Crippen LogP contribution in [0.2, 0.25) is 0 Å². The molecule has 5 atom stereocenters. The summed E-state index contributed by atoms with van der Waals surface area (Å²) in [5, 5.41) is 21.2.